The van der Waals surface area contributed by atoms with Crippen LogP contribution < -0.4 is 5.32 Å². The number of aryl methyl sites for hydroxylation is 1. The van der Waals surface area contributed by atoms with Gasteiger partial charge in [0, 0.05) is 13.1 Å². The summed E-state index contributed by atoms with van der Waals surface area (Å²) in [5.41, 5.74) is 0.661. The molecule has 1 aliphatic heterocycles. The van der Waals surface area contributed by atoms with Crippen LogP contribution in [0.5, 0.6) is 0 Å². The first-order chi connectivity index (χ1) is 10.1. The summed E-state index contributed by atoms with van der Waals surface area (Å²) >= 11 is 1.51. The molecule has 7 heteroatoms. The van der Waals surface area contributed by atoms with Gasteiger partial charge in [0.15, 0.2) is 0 Å². The normalized spacial score (nSPS) is 19.5. The highest BCUT2D eigenvalue weighted by molar-refractivity contribution is 7.11. The summed E-state index contributed by atoms with van der Waals surface area (Å²) in [6.45, 7) is 3.72. The topological polar surface area (TPSA) is 58.1 Å². The number of amides is 1. The molecule has 1 fully saturated rings. The maximum Gasteiger partial charge on any atom is 0.242 e. The van der Waals surface area contributed by atoms with Crippen LogP contribution >= 0.6 is 11.3 Å². The zero-order valence-corrected chi connectivity index (χ0v) is 12.4. The highest BCUT2D eigenvalue weighted by Gasteiger charge is 2.31. The second kappa shape index (κ2) is 5.87. The fourth-order valence-corrected chi connectivity index (χ4v) is 3.23. The van der Waals surface area contributed by atoms with Crippen molar-refractivity contribution in [2.75, 3.05) is 13.1 Å². The Morgan fingerprint density at radius 1 is 1.48 bits per heavy atom. The molecule has 1 atom stereocenters. The number of benzene rings is 1. The van der Waals surface area contributed by atoms with Gasteiger partial charge in [-0.1, -0.05) is 12.1 Å². The van der Waals surface area contributed by atoms with Crippen molar-refractivity contribution >= 4 is 17.2 Å². The largest absolute Gasteiger partial charge is 0.353 e. The molecule has 110 valence electrons. The quantitative estimate of drug-likeness (QED) is 0.937. The van der Waals surface area contributed by atoms with E-state index in [0.29, 0.717) is 25.2 Å². The average Bonchev–Trinajstić information content (AvgIpc) is 2.84. The van der Waals surface area contributed by atoms with E-state index in [1.165, 1.54) is 23.5 Å². The Labute approximate surface area is 125 Å². The second-order valence-corrected chi connectivity index (χ2v) is 6.20. The summed E-state index contributed by atoms with van der Waals surface area (Å²) in [7, 11) is 0. The molecule has 1 saturated heterocycles. The molecule has 1 aromatic carbocycles. The lowest BCUT2D eigenvalue weighted by molar-refractivity contribution is -0.129. The molecule has 5 nitrogen and oxygen atoms in total. The predicted molar refractivity (Wildman–Crippen MR) is 77.2 cm³/mol. The van der Waals surface area contributed by atoms with Crippen LogP contribution in [-0.2, 0) is 11.3 Å². The Bertz CT molecular complexity index is 660. The first kappa shape index (κ1) is 14.1. The molecule has 1 aromatic heterocycles. The van der Waals surface area contributed by atoms with Crippen molar-refractivity contribution in [2.45, 2.75) is 19.5 Å². The molecule has 0 saturated carbocycles. The standard InChI is InChI=1S/C14H15FN4OS/c1-9-17-18-12(21-9)8-19-6-5-16-14(20)13(19)10-3-2-4-11(15)7-10/h2-4,7,13H,5-6,8H2,1H3,(H,16,20)/t13-/m0/s1. The van der Waals surface area contributed by atoms with Crippen LogP contribution in [0.25, 0.3) is 0 Å². The van der Waals surface area contributed by atoms with Crippen LogP contribution in [0.4, 0.5) is 4.39 Å². The van der Waals surface area contributed by atoms with Crippen LogP contribution in [0.2, 0.25) is 0 Å². The lowest BCUT2D eigenvalue weighted by atomic mass is 10.0. The van der Waals surface area contributed by atoms with Crippen molar-refractivity contribution in [1.82, 2.24) is 20.4 Å². The number of rotatable bonds is 3. The Morgan fingerprint density at radius 2 is 2.33 bits per heavy atom. The van der Waals surface area contributed by atoms with E-state index >= 15 is 0 Å². The molecule has 2 heterocycles. The number of nitrogens with zero attached hydrogens (tertiary/aromatic N) is 3. The van der Waals surface area contributed by atoms with Gasteiger partial charge in [-0.15, -0.1) is 21.5 Å². The number of piperazine rings is 1. The number of hydrogen-bond acceptors (Lipinski definition) is 5. The predicted octanol–water partition coefficient (Wildman–Crippen LogP) is 1.66. The van der Waals surface area contributed by atoms with Crippen LogP contribution in [-0.4, -0.2) is 34.1 Å². The summed E-state index contributed by atoms with van der Waals surface area (Å²) in [6.07, 6.45) is 0. The van der Waals surface area contributed by atoms with Crippen LogP contribution in [0.1, 0.15) is 21.6 Å². The number of carbonyl (C=O) groups is 1. The molecule has 3 rings (SSSR count). The van der Waals surface area contributed by atoms with Gasteiger partial charge in [-0.25, -0.2) is 4.39 Å². The Morgan fingerprint density at radius 3 is 3.05 bits per heavy atom. The van der Waals surface area contributed by atoms with Gasteiger partial charge in [0.1, 0.15) is 21.9 Å². The third-order valence-electron chi connectivity index (χ3n) is 3.38. The van der Waals surface area contributed by atoms with E-state index in [1.807, 2.05) is 11.8 Å². The smallest absolute Gasteiger partial charge is 0.242 e. The highest BCUT2D eigenvalue weighted by atomic mass is 32.1. The van der Waals surface area contributed by atoms with Crippen molar-refractivity contribution in [1.29, 1.82) is 0 Å². The molecule has 1 aliphatic rings. The van der Waals surface area contributed by atoms with Gasteiger partial charge >= 0.3 is 0 Å². The maximum atomic E-state index is 13.4. The summed E-state index contributed by atoms with van der Waals surface area (Å²) < 4.78 is 13.4. The van der Waals surface area contributed by atoms with E-state index in [2.05, 4.69) is 15.5 Å². The fourth-order valence-electron chi connectivity index (χ4n) is 2.50. The lowest BCUT2D eigenvalue weighted by Crippen LogP contribution is -2.49. The van der Waals surface area contributed by atoms with Gasteiger partial charge in [0.05, 0.1) is 6.54 Å². The van der Waals surface area contributed by atoms with E-state index in [4.69, 9.17) is 0 Å². The summed E-state index contributed by atoms with van der Waals surface area (Å²) in [6, 6.07) is 5.70. The first-order valence-electron chi connectivity index (χ1n) is 6.70. The summed E-state index contributed by atoms with van der Waals surface area (Å²) in [5, 5.41) is 12.7. The molecular weight excluding hydrogens is 291 g/mol. The zero-order valence-electron chi connectivity index (χ0n) is 11.5. The highest BCUT2D eigenvalue weighted by Crippen LogP contribution is 2.26. The third kappa shape index (κ3) is 3.08. The number of aromatic nitrogens is 2. The minimum absolute atomic E-state index is 0.104. The van der Waals surface area contributed by atoms with Crippen molar-refractivity contribution in [3.8, 4) is 0 Å². The number of nitrogens with one attached hydrogen (secondary N) is 1. The zero-order chi connectivity index (χ0) is 14.8. The fraction of sp³-hybridized carbons (Fsp3) is 0.357. The van der Waals surface area contributed by atoms with Crippen molar-refractivity contribution < 1.29 is 9.18 Å². The molecule has 0 spiro atoms. The van der Waals surface area contributed by atoms with Crippen LogP contribution in [0, 0.1) is 12.7 Å². The van der Waals surface area contributed by atoms with Gasteiger partial charge in [-0.3, -0.25) is 9.69 Å². The molecule has 21 heavy (non-hydrogen) atoms. The van der Waals surface area contributed by atoms with E-state index in [0.717, 1.165) is 10.0 Å². The molecule has 0 radical (unpaired) electrons. The monoisotopic (exact) mass is 306 g/mol. The van der Waals surface area contributed by atoms with Crippen molar-refractivity contribution in [3.63, 3.8) is 0 Å². The van der Waals surface area contributed by atoms with Crippen LogP contribution in [0.3, 0.4) is 0 Å². The summed E-state index contributed by atoms with van der Waals surface area (Å²) in [5.74, 6) is -0.439. The van der Waals surface area contributed by atoms with Gasteiger partial charge in [-0.2, -0.15) is 0 Å². The maximum absolute atomic E-state index is 13.4. The van der Waals surface area contributed by atoms with E-state index in [9.17, 15) is 9.18 Å². The molecule has 1 amide bonds. The van der Waals surface area contributed by atoms with Crippen molar-refractivity contribution in [2.24, 2.45) is 0 Å². The van der Waals surface area contributed by atoms with E-state index in [-0.39, 0.29) is 11.7 Å². The minimum atomic E-state index is -0.487. The molecule has 0 aliphatic carbocycles. The Balaban J connectivity index is 1.87. The molecular formula is C14H15FN4OS. The molecule has 2 aromatic rings. The SMILES string of the molecule is Cc1nnc(CN2CCNC(=O)[C@@H]2c2cccc(F)c2)s1. The average molecular weight is 306 g/mol. The lowest BCUT2D eigenvalue weighted by Gasteiger charge is -2.34. The molecule has 0 bridgehead atoms. The van der Waals surface area contributed by atoms with Gasteiger partial charge in [0.25, 0.3) is 0 Å². The van der Waals surface area contributed by atoms with E-state index < -0.39 is 6.04 Å². The number of carbonyl (C=O) groups excluding carboxylic acids is 1. The minimum Gasteiger partial charge on any atom is -0.353 e. The van der Waals surface area contributed by atoms with Gasteiger partial charge < -0.3 is 5.32 Å². The number of halogens is 1. The Hall–Kier alpha value is -1.86. The first-order valence-corrected chi connectivity index (χ1v) is 7.51. The van der Waals surface area contributed by atoms with Gasteiger partial charge in [0.2, 0.25) is 5.91 Å². The Kier molecular flexibility index (Phi) is 3.94. The summed E-state index contributed by atoms with van der Waals surface area (Å²) in [4.78, 5) is 14.2. The number of hydrogen-bond donors (Lipinski definition) is 1. The molecule has 0 unspecified atom stereocenters. The van der Waals surface area contributed by atoms with E-state index in [1.54, 1.807) is 12.1 Å². The van der Waals surface area contributed by atoms with Crippen molar-refractivity contribution in [3.05, 3.63) is 45.7 Å². The van der Waals surface area contributed by atoms with Gasteiger partial charge in [-0.05, 0) is 24.6 Å². The second-order valence-electron chi connectivity index (χ2n) is 4.93. The molecule has 1 N–H and O–H groups in total. The van der Waals surface area contributed by atoms with Crippen LogP contribution in [0.15, 0.2) is 24.3 Å². The third-order valence-corrected chi connectivity index (χ3v) is 4.21.